The molecule has 5 heteroatoms. The first-order valence-electron chi connectivity index (χ1n) is 7.51. The fourth-order valence-electron chi connectivity index (χ4n) is 3.29. The van der Waals surface area contributed by atoms with Crippen LogP contribution in [0.15, 0.2) is 24.3 Å². The lowest BCUT2D eigenvalue weighted by molar-refractivity contribution is -0.133. The first-order chi connectivity index (χ1) is 10.2. The van der Waals surface area contributed by atoms with Crippen LogP contribution < -0.4 is 0 Å². The Morgan fingerprint density at radius 1 is 1.33 bits per heavy atom. The van der Waals surface area contributed by atoms with Gasteiger partial charge in [0.2, 0.25) is 5.91 Å². The fourth-order valence-corrected chi connectivity index (χ4v) is 3.29. The second-order valence-electron chi connectivity index (χ2n) is 5.93. The molecule has 1 N–H and O–H groups in total. The van der Waals surface area contributed by atoms with Crippen LogP contribution in [0.1, 0.15) is 17.5 Å². The van der Waals surface area contributed by atoms with Gasteiger partial charge in [-0.05, 0) is 24.0 Å². The number of hydrogen-bond donors (Lipinski definition) is 1. The highest BCUT2D eigenvalue weighted by Gasteiger charge is 2.34. The molecule has 2 aliphatic heterocycles. The van der Waals surface area contributed by atoms with E-state index in [0.29, 0.717) is 19.5 Å². The molecule has 21 heavy (non-hydrogen) atoms. The van der Waals surface area contributed by atoms with Crippen LogP contribution >= 0.6 is 0 Å². The molecule has 0 unspecified atom stereocenters. The molecule has 4 nitrogen and oxygen atoms in total. The third kappa shape index (κ3) is 3.09. The van der Waals surface area contributed by atoms with E-state index in [9.17, 15) is 14.3 Å². The van der Waals surface area contributed by atoms with Crippen LogP contribution in [-0.2, 0) is 17.8 Å². The van der Waals surface area contributed by atoms with Gasteiger partial charge in [0, 0.05) is 25.7 Å². The highest BCUT2D eigenvalue weighted by Crippen LogP contribution is 2.22. The summed E-state index contributed by atoms with van der Waals surface area (Å²) < 4.78 is 13.4. The second-order valence-corrected chi connectivity index (χ2v) is 5.93. The van der Waals surface area contributed by atoms with Crippen molar-refractivity contribution in [3.63, 3.8) is 0 Å². The van der Waals surface area contributed by atoms with Crippen LogP contribution in [0.25, 0.3) is 0 Å². The molecule has 2 atom stereocenters. The fraction of sp³-hybridized carbons (Fsp3) is 0.562. The summed E-state index contributed by atoms with van der Waals surface area (Å²) in [6.07, 6.45) is 0.265. The van der Waals surface area contributed by atoms with Crippen LogP contribution in [0.5, 0.6) is 0 Å². The van der Waals surface area contributed by atoms with Gasteiger partial charge < -0.3 is 10.0 Å². The Morgan fingerprint density at radius 3 is 2.86 bits per heavy atom. The Bertz CT molecular complexity index is 523. The van der Waals surface area contributed by atoms with Gasteiger partial charge in [-0.2, -0.15) is 0 Å². The van der Waals surface area contributed by atoms with Gasteiger partial charge in [0.25, 0.3) is 0 Å². The number of carbonyl (C=O) groups is 1. The Balaban J connectivity index is 1.62. The number of aliphatic hydroxyl groups is 1. The number of hydrogen-bond acceptors (Lipinski definition) is 3. The molecule has 1 amide bonds. The minimum absolute atomic E-state index is 0.0250. The number of carbonyl (C=O) groups excluding carboxylic acids is 1. The Kier molecular flexibility index (Phi) is 4.22. The number of rotatable bonds is 3. The van der Waals surface area contributed by atoms with Gasteiger partial charge in [0.05, 0.1) is 13.2 Å². The molecule has 0 radical (unpaired) electrons. The van der Waals surface area contributed by atoms with E-state index in [4.69, 9.17) is 0 Å². The summed E-state index contributed by atoms with van der Waals surface area (Å²) >= 11 is 0. The predicted molar refractivity (Wildman–Crippen MR) is 77.5 cm³/mol. The summed E-state index contributed by atoms with van der Waals surface area (Å²) in [5.41, 5.74) is 2.50. The van der Waals surface area contributed by atoms with E-state index in [0.717, 1.165) is 6.42 Å². The zero-order valence-corrected chi connectivity index (χ0v) is 12.0. The van der Waals surface area contributed by atoms with Crippen LogP contribution in [0.2, 0.25) is 0 Å². The Labute approximate surface area is 124 Å². The summed E-state index contributed by atoms with van der Waals surface area (Å²) in [4.78, 5) is 16.0. The molecule has 0 spiro atoms. The van der Waals surface area contributed by atoms with Crippen molar-refractivity contribution < 1.29 is 14.3 Å². The molecular formula is C16H21FN2O2. The molecule has 2 heterocycles. The number of benzene rings is 1. The average molecular weight is 292 g/mol. The molecule has 0 saturated carbocycles. The summed E-state index contributed by atoms with van der Waals surface area (Å²) in [7, 11) is 0. The number of halogens is 1. The highest BCUT2D eigenvalue weighted by atomic mass is 19.1. The van der Waals surface area contributed by atoms with Gasteiger partial charge in [0.1, 0.15) is 6.17 Å². The number of fused-ring (bicyclic) bond motifs is 1. The molecule has 2 aliphatic rings. The first kappa shape index (κ1) is 14.5. The van der Waals surface area contributed by atoms with E-state index < -0.39 is 6.17 Å². The molecule has 114 valence electrons. The average Bonchev–Trinajstić information content (AvgIpc) is 2.86. The lowest BCUT2D eigenvalue weighted by Gasteiger charge is -2.31. The topological polar surface area (TPSA) is 43.8 Å². The van der Waals surface area contributed by atoms with Crippen LogP contribution in [-0.4, -0.2) is 59.3 Å². The lowest BCUT2D eigenvalue weighted by atomic mass is 10.00. The van der Waals surface area contributed by atoms with Crippen molar-refractivity contribution >= 4 is 5.91 Å². The van der Waals surface area contributed by atoms with E-state index in [1.165, 1.54) is 11.1 Å². The lowest BCUT2D eigenvalue weighted by Crippen LogP contribution is -2.45. The largest absolute Gasteiger partial charge is 0.395 e. The van der Waals surface area contributed by atoms with E-state index in [2.05, 4.69) is 12.1 Å². The summed E-state index contributed by atoms with van der Waals surface area (Å²) in [5.74, 6) is 0.0250. The zero-order valence-electron chi connectivity index (χ0n) is 12.0. The SMILES string of the molecule is O=C(CN1C[C@@H](F)C[C@H]1CO)N1CCc2ccccc2C1. The van der Waals surface area contributed by atoms with Crippen molar-refractivity contribution in [2.45, 2.75) is 31.6 Å². The van der Waals surface area contributed by atoms with Crippen molar-refractivity contribution in [2.75, 3.05) is 26.2 Å². The van der Waals surface area contributed by atoms with Crippen molar-refractivity contribution in [3.05, 3.63) is 35.4 Å². The van der Waals surface area contributed by atoms with Gasteiger partial charge in [-0.15, -0.1) is 0 Å². The quantitative estimate of drug-likeness (QED) is 0.903. The maximum absolute atomic E-state index is 13.4. The number of likely N-dealkylation sites (tertiary alicyclic amines) is 1. The molecule has 0 aromatic heterocycles. The monoisotopic (exact) mass is 292 g/mol. The molecule has 3 rings (SSSR count). The van der Waals surface area contributed by atoms with E-state index in [1.54, 1.807) is 4.90 Å². The Morgan fingerprint density at radius 2 is 2.10 bits per heavy atom. The molecule has 1 aromatic rings. The molecule has 1 fully saturated rings. The number of alkyl halides is 1. The van der Waals surface area contributed by atoms with E-state index in [1.807, 2.05) is 17.0 Å². The van der Waals surface area contributed by atoms with Gasteiger partial charge >= 0.3 is 0 Å². The van der Waals surface area contributed by atoms with E-state index in [-0.39, 0.29) is 31.6 Å². The van der Waals surface area contributed by atoms with Crippen LogP contribution in [0, 0.1) is 0 Å². The third-order valence-electron chi connectivity index (χ3n) is 4.51. The summed E-state index contributed by atoms with van der Waals surface area (Å²) in [5, 5.41) is 9.27. The summed E-state index contributed by atoms with van der Waals surface area (Å²) in [6.45, 7) is 1.71. The third-order valence-corrected chi connectivity index (χ3v) is 4.51. The zero-order chi connectivity index (χ0) is 14.8. The maximum atomic E-state index is 13.4. The van der Waals surface area contributed by atoms with Crippen molar-refractivity contribution in [1.82, 2.24) is 9.80 Å². The molecule has 1 saturated heterocycles. The number of nitrogens with zero attached hydrogens (tertiary/aromatic N) is 2. The molecule has 0 bridgehead atoms. The van der Waals surface area contributed by atoms with Crippen molar-refractivity contribution in [2.24, 2.45) is 0 Å². The van der Waals surface area contributed by atoms with Gasteiger partial charge in [-0.25, -0.2) is 4.39 Å². The smallest absolute Gasteiger partial charge is 0.237 e. The molecule has 1 aromatic carbocycles. The predicted octanol–water partition coefficient (Wildman–Crippen LogP) is 0.976. The second kappa shape index (κ2) is 6.12. The standard InChI is InChI=1S/C16H21FN2O2/c17-14-7-15(11-20)19(9-14)10-16(21)18-6-5-12-3-1-2-4-13(12)8-18/h1-4,14-15,20H,5-11H2/t14-,15-/m0/s1. The minimum atomic E-state index is -0.933. The van der Waals surface area contributed by atoms with Gasteiger partial charge in [-0.3, -0.25) is 9.69 Å². The minimum Gasteiger partial charge on any atom is -0.395 e. The van der Waals surface area contributed by atoms with Crippen molar-refractivity contribution in [1.29, 1.82) is 0 Å². The van der Waals surface area contributed by atoms with Crippen LogP contribution in [0.3, 0.4) is 0 Å². The van der Waals surface area contributed by atoms with Crippen LogP contribution in [0.4, 0.5) is 4.39 Å². The van der Waals surface area contributed by atoms with Gasteiger partial charge in [-0.1, -0.05) is 24.3 Å². The number of amides is 1. The first-order valence-corrected chi connectivity index (χ1v) is 7.51. The maximum Gasteiger partial charge on any atom is 0.237 e. The number of aliphatic hydroxyl groups excluding tert-OH is 1. The highest BCUT2D eigenvalue weighted by molar-refractivity contribution is 5.78. The summed E-state index contributed by atoms with van der Waals surface area (Å²) in [6, 6.07) is 7.95. The van der Waals surface area contributed by atoms with E-state index >= 15 is 0 Å². The normalized spacial score (nSPS) is 25.9. The Hall–Kier alpha value is -1.46. The molecular weight excluding hydrogens is 271 g/mol. The van der Waals surface area contributed by atoms with Crippen molar-refractivity contribution in [3.8, 4) is 0 Å². The van der Waals surface area contributed by atoms with Gasteiger partial charge in [0.15, 0.2) is 0 Å². The molecule has 0 aliphatic carbocycles.